The Labute approximate surface area is 86.4 Å². The minimum atomic E-state index is 0.0335. The average Bonchev–Trinajstić information content (AvgIpc) is 2.09. The summed E-state index contributed by atoms with van der Waals surface area (Å²) in [5.74, 6) is 0. The lowest BCUT2D eigenvalue weighted by molar-refractivity contribution is 1.01. The maximum absolute atomic E-state index is 5.91. The van der Waals surface area contributed by atoms with Gasteiger partial charge in [-0.15, -0.1) is 18.2 Å². The number of hydrogen-bond donors (Lipinski definition) is 0. The van der Waals surface area contributed by atoms with Crippen LogP contribution in [-0.2, 0) is 6.42 Å². The van der Waals surface area contributed by atoms with Crippen LogP contribution in [0.4, 0.5) is 0 Å². The molecule has 0 amide bonds. The topological polar surface area (TPSA) is 0 Å². The van der Waals surface area contributed by atoms with Gasteiger partial charge in [0.15, 0.2) is 0 Å². The lowest BCUT2D eigenvalue weighted by Gasteiger charge is -2.03. The van der Waals surface area contributed by atoms with Gasteiger partial charge in [-0.25, -0.2) is 0 Å². The van der Waals surface area contributed by atoms with Crippen LogP contribution >= 0.6 is 27.5 Å². The molecule has 0 bridgehead atoms. The van der Waals surface area contributed by atoms with Gasteiger partial charge in [0.25, 0.3) is 0 Å². The molecule has 0 heterocycles. The predicted octanol–water partition coefficient (Wildman–Crippen LogP) is 3.79. The van der Waals surface area contributed by atoms with Gasteiger partial charge >= 0.3 is 0 Å². The Hall–Kier alpha value is -0.270. The molecule has 0 saturated heterocycles. The Morgan fingerprint density at radius 3 is 2.50 bits per heavy atom. The lowest BCUT2D eigenvalue weighted by atomic mass is 10.1. The van der Waals surface area contributed by atoms with Crippen LogP contribution in [-0.4, -0.2) is 5.38 Å². The molecule has 1 unspecified atom stereocenters. The van der Waals surface area contributed by atoms with E-state index in [-0.39, 0.29) is 5.38 Å². The smallest absolute Gasteiger partial charge is 0.0553 e. The zero-order chi connectivity index (χ0) is 8.97. The summed E-state index contributed by atoms with van der Waals surface area (Å²) in [5.41, 5.74) is 1.23. The Morgan fingerprint density at radius 2 is 2.00 bits per heavy atom. The quantitative estimate of drug-likeness (QED) is 0.561. The lowest BCUT2D eigenvalue weighted by Crippen LogP contribution is -1.97. The first-order valence-electron chi connectivity index (χ1n) is 3.73. The van der Waals surface area contributed by atoms with Gasteiger partial charge in [-0.3, -0.25) is 0 Å². The van der Waals surface area contributed by atoms with Crippen molar-refractivity contribution in [3.8, 4) is 0 Å². The van der Waals surface area contributed by atoms with Gasteiger partial charge in [0.2, 0.25) is 0 Å². The number of halogens is 2. The maximum Gasteiger partial charge on any atom is 0.0553 e. The van der Waals surface area contributed by atoms with E-state index in [0.717, 1.165) is 10.9 Å². The molecule has 0 aromatic heterocycles. The zero-order valence-corrected chi connectivity index (χ0v) is 8.98. The summed E-state index contributed by atoms with van der Waals surface area (Å²) in [6.45, 7) is 3.63. The minimum absolute atomic E-state index is 0.0335. The molecule has 12 heavy (non-hydrogen) atoms. The molecule has 0 aliphatic heterocycles. The molecule has 1 aromatic rings. The molecule has 0 aliphatic carbocycles. The molecule has 2 heteroatoms. The van der Waals surface area contributed by atoms with Crippen molar-refractivity contribution >= 4 is 27.5 Å². The molecule has 1 aromatic carbocycles. The molecular weight excluding hydrogens is 235 g/mol. The second kappa shape index (κ2) is 4.68. The third-order valence-corrected chi connectivity index (χ3v) is 2.46. The fourth-order valence-electron chi connectivity index (χ4n) is 0.929. The maximum atomic E-state index is 5.91. The number of hydrogen-bond acceptors (Lipinski definition) is 0. The predicted molar refractivity (Wildman–Crippen MR) is 57.7 cm³/mol. The summed E-state index contributed by atoms with van der Waals surface area (Å²) in [6.07, 6.45) is 2.60. The highest BCUT2D eigenvalue weighted by Crippen LogP contribution is 2.13. The zero-order valence-electron chi connectivity index (χ0n) is 6.63. The molecule has 64 valence electrons. The van der Waals surface area contributed by atoms with E-state index in [1.54, 1.807) is 6.08 Å². The summed E-state index contributed by atoms with van der Waals surface area (Å²) < 4.78 is 1.09. The van der Waals surface area contributed by atoms with Gasteiger partial charge in [0.1, 0.15) is 0 Å². The van der Waals surface area contributed by atoms with Crippen LogP contribution in [0, 0.1) is 0 Å². The van der Waals surface area contributed by atoms with Crippen molar-refractivity contribution in [2.75, 3.05) is 0 Å². The van der Waals surface area contributed by atoms with E-state index in [0.29, 0.717) is 0 Å². The second-order valence-electron chi connectivity index (χ2n) is 2.58. The fraction of sp³-hybridized carbons (Fsp3) is 0.200. The molecular formula is C10H10BrCl. The third-order valence-electron chi connectivity index (χ3n) is 1.60. The monoisotopic (exact) mass is 244 g/mol. The Morgan fingerprint density at radius 1 is 1.42 bits per heavy atom. The summed E-state index contributed by atoms with van der Waals surface area (Å²) >= 11 is 9.29. The molecule has 0 saturated carbocycles. The van der Waals surface area contributed by atoms with Gasteiger partial charge in [0.05, 0.1) is 5.38 Å². The van der Waals surface area contributed by atoms with E-state index in [1.807, 2.05) is 12.1 Å². The highest BCUT2D eigenvalue weighted by Gasteiger charge is 1.99. The number of alkyl halides is 1. The summed E-state index contributed by atoms with van der Waals surface area (Å²) in [7, 11) is 0. The van der Waals surface area contributed by atoms with Crippen molar-refractivity contribution in [2.45, 2.75) is 11.8 Å². The molecule has 0 aliphatic rings. The highest BCUT2D eigenvalue weighted by molar-refractivity contribution is 9.10. The van der Waals surface area contributed by atoms with E-state index in [2.05, 4.69) is 34.6 Å². The Kier molecular flexibility index (Phi) is 3.83. The summed E-state index contributed by atoms with van der Waals surface area (Å²) in [5, 5.41) is 0.0335. The van der Waals surface area contributed by atoms with Crippen LogP contribution < -0.4 is 0 Å². The van der Waals surface area contributed by atoms with Crippen molar-refractivity contribution in [2.24, 2.45) is 0 Å². The van der Waals surface area contributed by atoms with Gasteiger partial charge in [0, 0.05) is 4.47 Å². The molecule has 0 radical (unpaired) electrons. The number of benzene rings is 1. The van der Waals surface area contributed by atoms with Crippen molar-refractivity contribution in [1.82, 2.24) is 0 Å². The van der Waals surface area contributed by atoms with Gasteiger partial charge < -0.3 is 0 Å². The minimum Gasteiger partial charge on any atom is -0.118 e. The molecule has 0 spiro atoms. The molecule has 0 fully saturated rings. The van der Waals surface area contributed by atoms with Crippen LogP contribution in [0.1, 0.15) is 5.56 Å². The van der Waals surface area contributed by atoms with E-state index < -0.39 is 0 Å². The third kappa shape index (κ3) is 3.00. The largest absolute Gasteiger partial charge is 0.118 e. The Balaban J connectivity index is 2.64. The van der Waals surface area contributed by atoms with E-state index in [1.165, 1.54) is 5.56 Å². The van der Waals surface area contributed by atoms with Crippen molar-refractivity contribution < 1.29 is 0 Å². The summed E-state index contributed by atoms with van der Waals surface area (Å²) in [6, 6.07) is 8.15. The van der Waals surface area contributed by atoms with Crippen LogP contribution in [0.3, 0.4) is 0 Å². The fourth-order valence-corrected chi connectivity index (χ4v) is 1.37. The first kappa shape index (κ1) is 9.82. The van der Waals surface area contributed by atoms with E-state index >= 15 is 0 Å². The van der Waals surface area contributed by atoms with E-state index in [9.17, 15) is 0 Å². The Bertz CT molecular complexity index is 253. The SMILES string of the molecule is C=CC(Cl)Cc1ccc(Br)cc1. The summed E-state index contributed by atoms with van der Waals surface area (Å²) in [4.78, 5) is 0. The number of allylic oxidation sites excluding steroid dienone is 1. The first-order chi connectivity index (χ1) is 5.72. The van der Waals surface area contributed by atoms with Gasteiger partial charge in [-0.1, -0.05) is 34.1 Å². The van der Waals surface area contributed by atoms with Crippen LogP contribution in [0.2, 0.25) is 0 Å². The van der Waals surface area contributed by atoms with Crippen molar-refractivity contribution in [3.63, 3.8) is 0 Å². The van der Waals surface area contributed by atoms with Crippen molar-refractivity contribution in [1.29, 1.82) is 0 Å². The molecule has 1 rings (SSSR count). The standard InChI is InChI=1S/C10H10BrCl/c1-2-10(12)7-8-3-5-9(11)6-4-8/h2-6,10H,1,7H2. The van der Waals surface area contributed by atoms with Crippen LogP contribution in [0.5, 0.6) is 0 Å². The number of rotatable bonds is 3. The van der Waals surface area contributed by atoms with Gasteiger partial charge in [-0.05, 0) is 24.1 Å². The normalized spacial score (nSPS) is 12.5. The average molecular weight is 246 g/mol. The van der Waals surface area contributed by atoms with E-state index in [4.69, 9.17) is 11.6 Å². The first-order valence-corrected chi connectivity index (χ1v) is 4.96. The second-order valence-corrected chi connectivity index (χ2v) is 4.06. The highest BCUT2D eigenvalue weighted by atomic mass is 79.9. The van der Waals surface area contributed by atoms with Crippen LogP contribution in [0.25, 0.3) is 0 Å². The molecule has 0 N–H and O–H groups in total. The molecule has 1 atom stereocenters. The molecule has 0 nitrogen and oxygen atoms in total. The van der Waals surface area contributed by atoms with Gasteiger partial charge in [-0.2, -0.15) is 0 Å². The van der Waals surface area contributed by atoms with Crippen molar-refractivity contribution in [3.05, 3.63) is 47.0 Å². The van der Waals surface area contributed by atoms with Crippen LogP contribution in [0.15, 0.2) is 41.4 Å².